The normalized spacial score (nSPS) is 11.5. The molecule has 4 rings (SSSR count). The van der Waals surface area contributed by atoms with Crippen molar-refractivity contribution >= 4 is 0 Å². The van der Waals surface area contributed by atoms with Gasteiger partial charge in [0.15, 0.2) is 0 Å². The minimum absolute atomic E-state index is 0.283. The molecule has 1 aromatic heterocycles. The molecule has 4 aromatic rings. The minimum atomic E-state index is -4.38. The molecule has 0 spiro atoms. The number of hydrogen-bond acceptors (Lipinski definition) is 3. The van der Waals surface area contributed by atoms with E-state index in [0.29, 0.717) is 17.0 Å². The van der Waals surface area contributed by atoms with Crippen molar-refractivity contribution in [3.63, 3.8) is 0 Å². The lowest BCUT2D eigenvalue weighted by Gasteiger charge is -2.06. The number of aromatic nitrogens is 1. The first-order valence-corrected chi connectivity index (χ1v) is 9.25. The van der Waals surface area contributed by atoms with Gasteiger partial charge in [-0.15, -0.1) is 0 Å². The van der Waals surface area contributed by atoms with Crippen LogP contribution in [0, 0.1) is 6.92 Å². The number of aryl methyl sites for hydroxylation is 1. The van der Waals surface area contributed by atoms with Crippen LogP contribution in [0.3, 0.4) is 0 Å². The summed E-state index contributed by atoms with van der Waals surface area (Å²) in [5.74, 6) is 1.66. The van der Waals surface area contributed by atoms with Gasteiger partial charge < -0.3 is 9.15 Å². The summed E-state index contributed by atoms with van der Waals surface area (Å²) in [7, 11) is 1.62. The maximum absolute atomic E-state index is 12.8. The number of rotatable bonds is 4. The molecule has 0 fully saturated rings. The Bertz CT molecular complexity index is 1160. The summed E-state index contributed by atoms with van der Waals surface area (Å²) in [5, 5.41) is 0. The van der Waals surface area contributed by atoms with Crippen LogP contribution in [-0.2, 0) is 6.18 Å². The molecule has 30 heavy (non-hydrogen) atoms. The maximum Gasteiger partial charge on any atom is 0.416 e. The molecule has 0 bridgehead atoms. The van der Waals surface area contributed by atoms with Crippen molar-refractivity contribution in [1.82, 2.24) is 4.98 Å². The van der Waals surface area contributed by atoms with Gasteiger partial charge in [0.1, 0.15) is 17.2 Å². The fraction of sp³-hybridized carbons (Fsp3) is 0.125. The quantitative estimate of drug-likeness (QED) is 0.364. The molecule has 3 nitrogen and oxygen atoms in total. The molecular weight excluding hydrogens is 391 g/mol. The zero-order chi connectivity index (χ0) is 21.3. The highest BCUT2D eigenvalue weighted by molar-refractivity contribution is 5.73. The van der Waals surface area contributed by atoms with Gasteiger partial charge in [-0.05, 0) is 60.5 Å². The van der Waals surface area contributed by atoms with Gasteiger partial charge in [0.25, 0.3) is 0 Å². The second-order valence-electron chi connectivity index (χ2n) is 6.81. The number of alkyl halides is 3. The maximum atomic E-state index is 12.8. The number of benzene rings is 3. The van der Waals surface area contributed by atoms with Gasteiger partial charge in [-0.25, -0.2) is 4.98 Å². The summed E-state index contributed by atoms with van der Waals surface area (Å²) in [6.45, 7) is 1.79. The van der Waals surface area contributed by atoms with E-state index < -0.39 is 11.7 Å². The Balaban J connectivity index is 1.66. The van der Waals surface area contributed by atoms with Gasteiger partial charge in [-0.1, -0.05) is 30.3 Å². The monoisotopic (exact) mass is 409 g/mol. The van der Waals surface area contributed by atoms with E-state index >= 15 is 0 Å². The van der Waals surface area contributed by atoms with Crippen molar-refractivity contribution in [1.29, 1.82) is 0 Å². The number of oxazole rings is 1. The van der Waals surface area contributed by atoms with Gasteiger partial charge >= 0.3 is 6.18 Å². The summed E-state index contributed by atoms with van der Waals surface area (Å²) >= 11 is 0. The van der Waals surface area contributed by atoms with E-state index in [1.54, 1.807) is 14.0 Å². The smallest absolute Gasteiger partial charge is 0.416 e. The lowest BCUT2D eigenvalue weighted by Crippen LogP contribution is -2.03. The lowest BCUT2D eigenvalue weighted by molar-refractivity contribution is -0.137. The topological polar surface area (TPSA) is 35.3 Å². The Hall–Kier alpha value is -3.54. The zero-order valence-corrected chi connectivity index (χ0v) is 16.3. The Morgan fingerprint density at radius 3 is 2.07 bits per heavy atom. The molecule has 0 atom stereocenters. The van der Waals surface area contributed by atoms with E-state index in [1.165, 1.54) is 12.1 Å². The highest BCUT2D eigenvalue weighted by Crippen LogP contribution is 2.34. The molecule has 0 amide bonds. The van der Waals surface area contributed by atoms with E-state index in [9.17, 15) is 13.2 Å². The summed E-state index contributed by atoms with van der Waals surface area (Å²) in [6.07, 6.45) is -4.38. The van der Waals surface area contributed by atoms with Gasteiger partial charge in [-0.2, -0.15) is 13.2 Å². The molecule has 0 radical (unpaired) electrons. The molecule has 0 aliphatic rings. The number of nitrogens with zero attached hydrogens (tertiary/aromatic N) is 1. The first-order valence-electron chi connectivity index (χ1n) is 9.25. The van der Waals surface area contributed by atoms with Crippen LogP contribution in [-0.4, -0.2) is 12.1 Å². The van der Waals surface area contributed by atoms with Crippen LogP contribution < -0.4 is 4.74 Å². The summed E-state index contributed by atoms with van der Waals surface area (Å²) < 4.78 is 49.3. The van der Waals surface area contributed by atoms with Gasteiger partial charge in [-0.3, -0.25) is 0 Å². The van der Waals surface area contributed by atoms with Crippen LogP contribution in [0.2, 0.25) is 0 Å². The van der Waals surface area contributed by atoms with Crippen LogP contribution in [0.4, 0.5) is 13.2 Å². The van der Waals surface area contributed by atoms with E-state index in [0.717, 1.165) is 34.6 Å². The first-order chi connectivity index (χ1) is 14.3. The van der Waals surface area contributed by atoms with Gasteiger partial charge in [0, 0.05) is 11.1 Å². The lowest BCUT2D eigenvalue weighted by atomic mass is 10.0. The molecule has 0 aliphatic carbocycles. The Labute approximate surface area is 171 Å². The molecule has 0 N–H and O–H groups in total. The molecule has 3 aromatic carbocycles. The molecule has 0 saturated heterocycles. The van der Waals surface area contributed by atoms with Crippen molar-refractivity contribution in [2.75, 3.05) is 7.11 Å². The number of halogens is 3. The van der Waals surface area contributed by atoms with Crippen LogP contribution >= 0.6 is 0 Å². The Kier molecular flexibility index (Phi) is 5.08. The van der Waals surface area contributed by atoms with Crippen LogP contribution in [0.1, 0.15) is 11.3 Å². The molecule has 0 unspecified atom stereocenters. The highest BCUT2D eigenvalue weighted by atomic mass is 19.4. The van der Waals surface area contributed by atoms with Crippen molar-refractivity contribution in [3.8, 4) is 39.6 Å². The Morgan fingerprint density at radius 2 is 1.43 bits per heavy atom. The number of hydrogen-bond donors (Lipinski definition) is 0. The van der Waals surface area contributed by atoms with Gasteiger partial charge in [0.2, 0.25) is 5.89 Å². The average molecular weight is 409 g/mol. The molecule has 152 valence electrons. The predicted molar refractivity (Wildman–Crippen MR) is 109 cm³/mol. The van der Waals surface area contributed by atoms with Crippen LogP contribution in [0.5, 0.6) is 5.75 Å². The highest BCUT2D eigenvalue weighted by Gasteiger charge is 2.30. The number of methoxy groups -OCH3 is 1. The van der Waals surface area contributed by atoms with E-state index in [-0.39, 0.29) is 5.89 Å². The first kappa shape index (κ1) is 19.8. The summed E-state index contributed by atoms with van der Waals surface area (Å²) in [4.78, 5) is 4.54. The van der Waals surface area contributed by atoms with Crippen LogP contribution in [0.15, 0.2) is 77.2 Å². The largest absolute Gasteiger partial charge is 0.497 e. The molecule has 0 aliphatic heterocycles. The average Bonchev–Trinajstić information content (AvgIpc) is 3.15. The molecular formula is C24H18F3NO2. The third kappa shape index (κ3) is 3.94. The standard InChI is InChI=1S/C24H18F3NO2/c1-15-22(28-23(30-15)17-6-10-20(11-7-17)24(25,26)27)19-5-3-4-18(14-19)16-8-12-21(29-2)13-9-16/h3-14H,1-2H3. The second-order valence-corrected chi connectivity index (χ2v) is 6.81. The zero-order valence-electron chi connectivity index (χ0n) is 16.3. The van der Waals surface area contributed by atoms with E-state index in [4.69, 9.17) is 9.15 Å². The predicted octanol–water partition coefficient (Wildman–Crippen LogP) is 7.01. The molecule has 6 heteroatoms. The second kappa shape index (κ2) is 7.71. The van der Waals surface area contributed by atoms with Crippen molar-refractivity contribution < 1.29 is 22.3 Å². The van der Waals surface area contributed by atoms with Gasteiger partial charge in [0.05, 0.1) is 12.7 Å². The fourth-order valence-corrected chi connectivity index (χ4v) is 3.22. The van der Waals surface area contributed by atoms with E-state index in [2.05, 4.69) is 4.98 Å². The third-order valence-corrected chi connectivity index (χ3v) is 4.82. The van der Waals surface area contributed by atoms with Crippen molar-refractivity contribution in [2.24, 2.45) is 0 Å². The SMILES string of the molecule is COc1ccc(-c2cccc(-c3nc(-c4ccc(C(F)(F)F)cc4)oc3C)c2)cc1. The summed E-state index contributed by atoms with van der Waals surface area (Å²) in [5.41, 5.74) is 3.34. The van der Waals surface area contributed by atoms with Crippen molar-refractivity contribution in [3.05, 3.63) is 84.1 Å². The van der Waals surface area contributed by atoms with E-state index in [1.807, 2.05) is 48.5 Å². The number of ether oxygens (including phenoxy) is 1. The molecule has 0 saturated carbocycles. The fourth-order valence-electron chi connectivity index (χ4n) is 3.22. The third-order valence-electron chi connectivity index (χ3n) is 4.82. The Morgan fingerprint density at radius 1 is 0.800 bits per heavy atom. The minimum Gasteiger partial charge on any atom is -0.497 e. The van der Waals surface area contributed by atoms with Crippen LogP contribution in [0.25, 0.3) is 33.8 Å². The molecule has 1 heterocycles. The van der Waals surface area contributed by atoms with Crippen molar-refractivity contribution in [2.45, 2.75) is 13.1 Å². The summed E-state index contributed by atoms with van der Waals surface area (Å²) in [6, 6.07) is 20.4.